The van der Waals surface area contributed by atoms with Crippen molar-refractivity contribution in [2.45, 2.75) is 49.7 Å². The van der Waals surface area contributed by atoms with E-state index in [2.05, 4.69) is 23.6 Å². The van der Waals surface area contributed by atoms with Crippen LogP contribution in [-0.2, 0) is 17.6 Å². The summed E-state index contributed by atoms with van der Waals surface area (Å²) in [6.07, 6.45) is 5.02. The number of fused-ring (bicyclic) bond motifs is 1. The molecule has 0 saturated heterocycles. The van der Waals surface area contributed by atoms with Gasteiger partial charge in [0.1, 0.15) is 11.1 Å². The molecule has 1 aliphatic rings. The van der Waals surface area contributed by atoms with Crippen LogP contribution >= 0.6 is 23.1 Å². The van der Waals surface area contributed by atoms with Gasteiger partial charge in [0.15, 0.2) is 5.76 Å². The van der Waals surface area contributed by atoms with Crippen LogP contribution in [0.1, 0.15) is 53.2 Å². The number of nitrogens with zero attached hydrogens (tertiary/aromatic N) is 1. The average Bonchev–Trinajstić information content (AvgIpc) is 3.45. The Morgan fingerprint density at radius 1 is 1.30 bits per heavy atom. The van der Waals surface area contributed by atoms with E-state index in [1.54, 1.807) is 29.5 Å². The normalized spacial score (nSPS) is 15.8. The van der Waals surface area contributed by atoms with Crippen molar-refractivity contribution in [1.29, 1.82) is 5.26 Å². The van der Waals surface area contributed by atoms with Crippen LogP contribution in [-0.4, -0.2) is 17.1 Å². The first-order chi connectivity index (χ1) is 16.0. The van der Waals surface area contributed by atoms with Crippen molar-refractivity contribution in [3.05, 3.63) is 64.4 Å². The molecule has 0 spiro atoms. The van der Waals surface area contributed by atoms with Crippen molar-refractivity contribution in [3.63, 3.8) is 0 Å². The van der Waals surface area contributed by atoms with Crippen molar-refractivity contribution in [2.24, 2.45) is 5.92 Å². The van der Waals surface area contributed by atoms with Crippen LogP contribution < -0.4 is 10.6 Å². The number of benzene rings is 1. The number of amides is 2. The number of carbonyl (C=O) groups excluding carboxylic acids is 2. The molecule has 0 saturated carbocycles. The highest BCUT2D eigenvalue weighted by Crippen LogP contribution is 2.39. The first-order valence-electron chi connectivity index (χ1n) is 11.0. The zero-order valence-corrected chi connectivity index (χ0v) is 20.1. The molecule has 2 unspecified atom stereocenters. The minimum absolute atomic E-state index is 0.115. The third-order valence-corrected chi connectivity index (χ3v) is 8.17. The van der Waals surface area contributed by atoms with Crippen molar-refractivity contribution >= 4 is 45.6 Å². The zero-order valence-electron chi connectivity index (χ0n) is 18.5. The third kappa shape index (κ3) is 5.32. The largest absolute Gasteiger partial charge is 0.459 e. The fourth-order valence-corrected chi connectivity index (χ4v) is 6.26. The lowest BCUT2D eigenvalue weighted by Crippen LogP contribution is -2.24. The summed E-state index contributed by atoms with van der Waals surface area (Å²) in [7, 11) is 0. The predicted molar refractivity (Wildman–Crippen MR) is 132 cm³/mol. The molecule has 0 radical (unpaired) electrons. The van der Waals surface area contributed by atoms with Crippen LogP contribution in [0.3, 0.4) is 0 Å². The van der Waals surface area contributed by atoms with E-state index in [9.17, 15) is 14.9 Å². The molecule has 33 heavy (non-hydrogen) atoms. The second-order valence-electron chi connectivity index (χ2n) is 8.13. The number of furan rings is 1. The minimum Gasteiger partial charge on any atom is -0.459 e. The van der Waals surface area contributed by atoms with Crippen LogP contribution in [0.15, 0.2) is 52.0 Å². The number of carbonyl (C=O) groups is 2. The number of hydrogen-bond acceptors (Lipinski definition) is 6. The lowest BCUT2D eigenvalue weighted by Gasteiger charge is -2.17. The number of thioether (sulfide) groups is 1. The molecule has 6 nitrogen and oxygen atoms in total. The van der Waals surface area contributed by atoms with Gasteiger partial charge in [-0.1, -0.05) is 19.9 Å². The van der Waals surface area contributed by atoms with Gasteiger partial charge >= 0.3 is 0 Å². The molecule has 1 aliphatic carbocycles. The third-order valence-electron chi connectivity index (χ3n) is 5.64. The van der Waals surface area contributed by atoms with Gasteiger partial charge in [0, 0.05) is 15.5 Å². The van der Waals surface area contributed by atoms with Gasteiger partial charge in [-0.25, -0.2) is 0 Å². The maximum atomic E-state index is 13.1. The fourth-order valence-electron chi connectivity index (χ4n) is 3.88. The summed E-state index contributed by atoms with van der Waals surface area (Å²) < 4.78 is 5.13. The summed E-state index contributed by atoms with van der Waals surface area (Å²) in [4.78, 5) is 27.4. The predicted octanol–water partition coefficient (Wildman–Crippen LogP) is 6.10. The highest BCUT2D eigenvalue weighted by molar-refractivity contribution is 8.00. The Morgan fingerprint density at radius 2 is 2.15 bits per heavy atom. The molecule has 2 amide bonds. The first kappa shape index (κ1) is 23.1. The molecule has 0 fully saturated rings. The van der Waals surface area contributed by atoms with Crippen LogP contribution in [0.4, 0.5) is 10.7 Å². The van der Waals surface area contributed by atoms with E-state index in [4.69, 9.17) is 4.42 Å². The Balaban J connectivity index is 1.45. The molecule has 2 atom stereocenters. The Labute approximate surface area is 201 Å². The molecule has 2 N–H and O–H groups in total. The summed E-state index contributed by atoms with van der Waals surface area (Å²) >= 11 is 2.98. The first-order valence-corrected chi connectivity index (χ1v) is 12.6. The zero-order chi connectivity index (χ0) is 23.4. The molecule has 8 heteroatoms. The average molecular weight is 480 g/mol. The summed E-state index contributed by atoms with van der Waals surface area (Å²) in [5.41, 5.74) is 2.36. The summed E-state index contributed by atoms with van der Waals surface area (Å²) in [6.45, 7) is 4.19. The second-order valence-corrected chi connectivity index (χ2v) is 10.5. The Hall–Kier alpha value is -3.02. The molecule has 0 bridgehead atoms. The monoisotopic (exact) mass is 479 g/mol. The molecule has 0 aliphatic heterocycles. The molecule has 4 rings (SSSR count). The number of hydrogen-bond donors (Lipinski definition) is 2. The number of anilines is 2. The molecule has 3 aromatic rings. The van der Waals surface area contributed by atoms with Crippen LogP contribution in [0.2, 0.25) is 0 Å². The molecular weight excluding hydrogens is 454 g/mol. The topological polar surface area (TPSA) is 95.1 Å². The molecule has 2 heterocycles. The van der Waals surface area contributed by atoms with Gasteiger partial charge in [-0.15, -0.1) is 23.1 Å². The number of nitriles is 1. The Bertz CT molecular complexity index is 1190. The van der Waals surface area contributed by atoms with Gasteiger partial charge in [-0.3, -0.25) is 9.59 Å². The molecule has 170 valence electrons. The number of nitrogens with one attached hydrogen (secondary N) is 2. The summed E-state index contributed by atoms with van der Waals surface area (Å²) in [6, 6.07) is 13.0. The summed E-state index contributed by atoms with van der Waals surface area (Å²) in [5.74, 6) is 0.397. The van der Waals surface area contributed by atoms with E-state index in [0.717, 1.165) is 29.7 Å². The van der Waals surface area contributed by atoms with Gasteiger partial charge in [0.2, 0.25) is 5.91 Å². The smallest absolute Gasteiger partial charge is 0.291 e. The van der Waals surface area contributed by atoms with E-state index in [0.29, 0.717) is 28.6 Å². The number of rotatable bonds is 7. The van der Waals surface area contributed by atoms with Gasteiger partial charge in [0.05, 0.1) is 17.1 Å². The highest BCUT2D eigenvalue weighted by atomic mass is 32.2. The van der Waals surface area contributed by atoms with Gasteiger partial charge in [-0.2, -0.15) is 5.26 Å². The van der Waals surface area contributed by atoms with E-state index in [1.807, 2.05) is 25.1 Å². The maximum absolute atomic E-state index is 13.1. The molecule has 1 aromatic carbocycles. The Kier molecular flexibility index (Phi) is 7.21. The molecule has 2 aromatic heterocycles. The maximum Gasteiger partial charge on any atom is 0.291 e. The van der Waals surface area contributed by atoms with Gasteiger partial charge in [-0.05, 0) is 67.5 Å². The number of thiophene rings is 1. The van der Waals surface area contributed by atoms with Crippen molar-refractivity contribution < 1.29 is 14.0 Å². The van der Waals surface area contributed by atoms with Crippen molar-refractivity contribution in [2.75, 3.05) is 10.6 Å². The fraction of sp³-hybridized carbons (Fsp3) is 0.320. The Morgan fingerprint density at radius 3 is 2.88 bits per heavy atom. The summed E-state index contributed by atoms with van der Waals surface area (Å²) in [5, 5.41) is 15.9. The lowest BCUT2D eigenvalue weighted by molar-refractivity contribution is -0.115. The SMILES string of the molecule is CCC(Sc1cccc(NC(=O)c2ccco2)c1)C(=O)Nc1sc2c(c1C#N)CCC(C)C2. The van der Waals surface area contributed by atoms with Gasteiger partial charge in [0.25, 0.3) is 5.91 Å². The van der Waals surface area contributed by atoms with Crippen LogP contribution in [0.5, 0.6) is 0 Å². The molecular formula is C25H25N3O3S2. The standard InChI is InChI=1S/C25H25N3O3S2/c1-3-21(24(30)28-25-19(14-26)18-10-9-15(2)12-22(18)33-25)32-17-7-4-6-16(13-17)27-23(29)20-8-5-11-31-20/h4-8,11,13,15,21H,3,9-10,12H2,1-2H3,(H,27,29)(H,28,30). The van der Waals surface area contributed by atoms with E-state index < -0.39 is 0 Å². The lowest BCUT2D eigenvalue weighted by atomic mass is 9.88. The minimum atomic E-state index is -0.328. The van der Waals surface area contributed by atoms with Gasteiger partial charge < -0.3 is 15.1 Å². The van der Waals surface area contributed by atoms with E-state index in [-0.39, 0.29) is 22.8 Å². The van der Waals surface area contributed by atoms with E-state index in [1.165, 1.54) is 22.9 Å². The van der Waals surface area contributed by atoms with Crippen LogP contribution in [0.25, 0.3) is 0 Å². The second kappa shape index (κ2) is 10.3. The van der Waals surface area contributed by atoms with Crippen LogP contribution in [0, 0.1) is 17.2 Å². The quantitative estimate of drug-likeness (QED) is 0.399. The van der Waals surface area contributed by atoms with Crippen molar-refractivity contribution in [3.8, 4) is 6.07 Å². The highest BCUT2D eigenvalue weighted by Gasteiger charge is 2.26. The van der Waals surface area contributed by atoms with E-state index >= 15 is 0 Å². The van der Waals surface area contributed by atoms with Crippen molar-refractivity contribution in [1.82, 2.24) is 0 Å².